The van der Waals surface area contributed by atoms with Crippen molar-refractivity contribution in [3.05, 3.63) is 94.2 Å². The van der Waals surface area contributed by atoms with Crippen molar-refractivity contribution < 1.29 is 4.79 Å². The monoisotopic (exact) mass is 410 g/mol. The van der Waals surface area contributed by atoms with E-state index in [0.717, 1.165) is 40.0 Å². The lowest BCUT2D eigenvalue weighted by atomic mass is 9.81. The van der Waals surface area contributed by atoms with Gasteiger partial charge in [0.2, 0.25) is 5.91 Å². The van der Waals surface area contributed by atoms with Gasteiger partial charge in [-0.2, -0.15) is 5.10 Å². The number of aromatic amines is 1. The van der Waals surface area contributed by atoms with Crippen LogP contribution in [0.25, 0.3) is 10.8 Å². The highest BCUT2D eigenvalue weighted by Gasteiger charge is 2.46. The number of hydrogen-bond donors (Lipinski definition) is 1. The summed E-state index contributed by atoms with van der Waals surface area (Å²) in [6, 6.07) is 17.3. The van der Waals surface area contributed by atoms with Crippen molar-refractivity contribution in [3.63, 3.8) is 0 Å². The van der Waals surface area contributed by atoms with Gasteiger partial charge in [0.15, 0.2) is 0 Å². The number of fused-ring (bicyclic) bond motifs is 2. The maximum absolute atomic E-state index is 13.4. The van der Waals surface area contributed by atoms with Crippen molar-refractivity contribution >= 4 is 28.1 Å². The van der Waals surface area contributed by atoms with Gasteiger partial charge in [-0.15, -0.1) is 0 Å². The van der Waals surface area contributed by atoms with Gasteiger partial charge in [0, 0.05) is 18.0 Å². The molecule has 1 unspecified atom stereocenters. The van der Waals surface area contributed by atoms with Crippen LogP contribution in [0.4, 0.5) is 11.4 Å². The second kappa shape index (κ2) is 7.16. The fourth-order valence-electron chi connectivity index (χ4n) is 4.40. The van der Waals surface area contributed by atoms with E-state index in [1.54, 1.807) is 23.4 Å². The summed E-state index contributed by atoms with van der Waals surface area (Å²) in [7, 11) is 0. The van der Waals surface area contributed by atoms with E-state index >= 15 is 0 Å². The number of H-pyrrole nitrogens is 1. The molecule has 1 aliphatic rings. The highest BCUT2D eigenvalue weighted by atomic mass is 16.2. The Morgan fingerprint density at radius 1 is 1.00 bits per heavy atom. The van der Waals surface area contributed by atoms with Gasteiger partial charge in [0.25, 0.3) is 5.56 Å². The number of rotatable bonds is 4. The standard InChI is InChI=1S/C25H22N4O2/c1-3-25(2)20-10-6-7-11-22(20)29(24(25)31)17-12-16(14-26-15-17)13-21-18-8-4-5-9-19(18)23(30)28-27-21/h4-12,14-15H,3,13H2,1-2H3,(H,28,30). The van der Waals surface area contributed by atoms with Crippen molar-refractivity contribution in [2.75, 3.05) is 4.90 Å². The lowest BCUT2D eigenvalue weighted by molar-refractivity contribution is -0.122. The van der Waals surface area contributed by atoms with Gasteiger partial charge < -0.3 is 0 Å². The lowest BCUT2D eigenvalue weighted by Crippen LogP contribution is -2.35. The second-order valence-electron chi connectivity index (χ2n) is 8.12. The van der Waals surface area contributed by atoms with Crippen LogP contribution in [0.3, 0.4) is 0 Å². The molecule has 0 aliphatic carbocycles. The Balaban J connectivity index is 1.56. The van der Waals surface area contributed by atoms with Crippen LogP contribution in [-0.4, -0.2) is 21.1 Å². The molecule has 0 saturated carbocycles. The fourth-order valence-corrected chi connectivity index (χ4v) is 4.40. The van der Waals surface area contributed by atoms with Crippen LogP contribution >= 0.6 is 0 Å². The first-order chi connectivity index (χ1) is 15.0. The largest absolute Gasteiger partial charge is 0.278 e. The Morgan fingerprint density at radius 2 is 1.74 bits per heavy atom. The number of aromatic nitrogens is 3. The Morgan fingerprint density at radius 3 is 2.55 bits per heavy atom. The second-order valence-corrected chi connectivity index (χ2v) is 8.12. The van der Waals surface area contributed by atoms with Crippen molar-refractivity contribution in [3.8, 4) is 0 Å². The molecule has 0 saturated heterocycles. The quantitative estimate of drug-likeness (QED) is 0.545. The molecular formula is C25H22N4O2. The molecule has 1 N–H and O–H groups in total. The van der Waals surface area contributed by atoms with E-state index in [9.17, 15) is 9.59 Å². The van der Waals surface area contributed by atoms with E-state index in [0.29, 0.717) is 11.8 Å². The minimum absolute atomic E-state index is 0.0581. The molecule has 1 aliphatic heterocycles. The number of carbonyl (C=O) groups is 1. The molecule has 0 spiro atoms. The molecule has 1 amide bonds. The topological polar surface area (TPSA) is 79.0 Å². The maximum atomic E-state index is 13.4. The third kappa shape index (κ3) is 2.94. The molecule has 154 valence electrons. The number of carbonyl (C=O) groups excluding carboxylic acids is 1. The number of benzene rings is 2. The number of hydrogen-bond acceptors (Lipinski definition) is 4. The van der Waals surface area contributed by atoms with E-state index < -0.39 is 5.41 Å². The van der Waals surface area contributed by atoms with Crippen LogP contribution in [0.15, 0.2) is 71.8 Å². The summed E-state index contributed by atoms with van der Waals surface area (Å²) in [5, 5.41) is 8.28. The van der Waals surface area contributed by atoms with E-state index in [-0.39, 0.29) is 11.5 Å². The average molecular weight is 410 g/mol. The van der Waals surface area contributed by atoms with Gasteiger partial charge in [0.05, 0.1) is 34.1 Å². The van der Waals surface area contributed by atoms with Gasteiger partial charge in [-0.3, -0.25) is 19.5 Å². The smallest absolute Gasteiger partial charge is 0.272 e. The fraction of sp³-hybridized carbons (Fsp3) is 0.200. The summed E-state index contributed by atoms with van der Waals surface area (Å²) in [5.41, 5.74) is 3.61. The van der Waals surface area contributed by atoms with Gasteiger partial charge in [-0.25, -0.2) is 5.10 Å². The molecule has 5 rings (SSSR count). The van der Waals surface area contributed by atoms with Crippen LogP contribution in [-0.2, 0) is 16.6 Å². The zero-order chi connectivity index (χ0) is 21.6. The lowest BCUT2D eigenvalue weighted by Gasteiger charge is -2.23. The molecule has 31 heavy (non-hydrogen) atoms. The first-order valence-electron chi connectivity index (χ1n) is 10.4. The van der Waals surface area contributed by atoms with Crippen LogP contribution in [0, 0.1) is 0 Å². The van der Waals surface area contributed by atoms with Crippen molar-refractivity contribution in [2.24, 2.45) is 0 Å². The van der Waals surface area contributed by atoms with Crippen molar-refractivity contribution in [1.29, 1.82) is 0 Å². The predicted molar refractivity (Wildman–Crippen MR) is 121 cm³/mol. The average Bonchev–Trinajstić information content (AvgIpc) is 3.03. The van der Waals surface area contributed by atoms with Gasteiger partial charge >= 0.3 is 0 Å². The highest BCUT2D eigenvalue weighted by Crippen LogP contribution is 2.46. The predicted octanol–water partition coefficient (Wildman–Crippen LogP) is 4.25. The number of para-hydroxylation sites is 1. The Bertz CT molecular complexity index is 1380. The number of nitrogens with one attached hydrogen (secondary N) is 1. The summed E-state index contributed by atoms with van der Waals surface area (Å²) < 4.78 is 0. The first kappa shape index (κ1) is 19.2. The zero-order valence-electron chi connectivity index (χ0n) is 17.4. The van der Waals surface area contributed by atoms with E-state index in [1.807, 2.05) is 62.4 Å². The molecule has 0 fully saturated rings. The Hall–Kier alpha value is -3.80. The molecule has 0 bridgehead atoms. The third-order valence-corrected chi connectivity index (χ3v) is 6.31. The molecule has 1 atom stereocenters. The normalized spacial score (nSPS) is 17.9. The van der Waals surface area contributed by atoms with Gasteiger partial charge in [-0.05, 0) is 42.7 Å². The van der Waals surface area contributed by atoms with Gasteiger partial charge in [-0.1, -0.05) is 43.3 Å². The zero-order valence-corrected chi connectivity index (χ0v) is 17.4. The van der Waals surface area contributed by atoms with Gasteiger partial charge in [0.1, 0.15) is 0 Å². The summed E-state index contributed by atoms with van der Waals surface area (Å²) in [6.45, 7) is 4.04. The third-order valence-electron chi connectivity index (χ3n) is 6.31. The highest BCUT2D eigenvalue weighted by molar-refractivity contribution is 6.12. The maximum Gasteiger partial charge on any atom is 0.272 e. The van der Waals surface area contributed by atoms with Crippen LogP contribution in [0.2, 0.25) is 0 Å². The SMILES string of the molecule is CCC1(C)C(=O)N(c2cncc(Cc3n[nH]c(=O)c4ccccc34)c2)c2ccccc21. The number of anilines is 2. The molecule has 3 heterocycles. The molecule has 4 aromatic rings. The van der Waals surface area contributed by atoms with E-state index in [4.69, 9.17) is 0 Å². The first-order valence-corrected chi connectivity index (χ1v) is 10.4. The minimum atomic E-state index is -0.552. The molecule has 6 nitrogen and oxygen atoms in total. The van der Waals surface area contributed by atoms with Crippen LogP contribution < -0.4 is 10.5 Å². The summed E-state index contributed by atoms with van der Waals surface area (Å²) in [5.74, 6) is 0.0581. The summed E-state index contributed by atoms with van der Waals surface area (Å²) in [4.78, 5) is 31.7. The van der Waals surface area contributed by atoms with Crippen LogP contribution in [0.5, 0.6) is 0 Å². The molecule has 2 aromatic carbocycles. The van der Waals surface area contributed by atoms with Crippen molar-refractivity contribution in [1.82, 2.24) is 15.2 Å². The van der Waals surface area contributed by atoms with Crippen molar-refractivity contribution in [2.45, 2.75) is 32.1 Å². The summed E-state index contributed by atoms with van der Waals surface area (Å²) >= 11 is 0. The van der Waals surface area contributed by atoms with Crippen LogP contribution in [0.1, 0.15) is 37.1 Å². The van der Waals surface area contributed by atoms with E-state index in [1.165, 1.54) is 0 Å². The number of amides is 1. The molecule has 0 radical (unpaired) electrons. The number of nitrogens with zero attached hydrogens (tertiary/aromatic N) is 3. The minimum Gasteiger partial charge on any atom is -0.278 e. The summed E-state index contributed by atoms with van der Waals surface area (Å²) in [6.07, 6.45) is 4.71. The molecule has 6 heteroatoms. The number of pyridine rings is 1. The van der Waals surface area contributed by atoms with E-state index in [2.05, 4.69) is 15.2 Å². The molecular weight excluding hydrogens is 388 g/mol. The molecule has 2 aromatic heterocycles. The Kier molecular flexibility index (Phi) is 4.43. The Labute approximate surface area is 179 Å².